The summed E-state index contributed by atoms with van der Waals surface area (Å²) in [6.07, 6.45) is 0.456. The monoisotopic (exact) mass is 273 g/mol. The van der Waals surface area contributed by atoms with E-state index in [1.54, 1.807) is 11.3 Å². The van der Waals surface area contributed by atoms with Gasteiger partial charge in [-0.25, -0.2) is 0 Å². The molecule has 3 rings (SSSR count). The standard InChI is InChI=1S/C15H15NO2S/c17-13-8-11-3-1-2-4-12(11)15(13)16-14(18)7-10-5-6-19-9-10/h1-6,9,13,15,17H,7-8H2,(H,16,18)/t13-,15+/m1/s1. The Morgan fingerprint density at radius 2 is 2.21 bits per heavy atom. The molecule has 1 amide bonds. The summed E-state index contributed by atoms with van der Waals surface area (Å²) in [6.45, 7) is 0. The Bertz CT molecular complexity index is 580. The van der Waals surface area contributed by atoms with E-state index in [4.69, 9.17) is 0 Å². The van der Waals surface area contributed by atoms with E-state index in [0.29, 0.717) is 12.8 Å². The van der Waals surface area contributed by atoms with E-state index >= 15 is 0 Å². The molecule has 4 heteroatoms. The Labute approximate surface area is 115 Å². The minimum absolute atomic E-state index is 0.0425. The summed E-state index contributed by atoms with van der Waals surface area (Å²) in [5.41, 5.74) is 3.17. The summed E-state index contributed by atoms with van der Waals surface area (Å²) < 4.78 is 0. The summed E-state index contributed by atoms with van der Waals surface area (Å²) in [5, 5.41) is 16.9. The molecule has 0 saturated heterocycles. The molecule has 2 N–H and O–H groups in total. The molecule has 2 aromatic rings. The first-order chi connectivity index (χ1) is 9.24. The molecule has 1 aliphatic carbocycles. The highest BCUT2D eigenvalue weighted by Crippen LogP contribution is 2.31. The molecule has 1 aliphatic rings. The lowest BCUT2D eigenvalue weighted by molar-refractivity contribution is -0.121. The number of carbonyl (C=O) groups is 1. The molecular formula is C15H15NO2S. The van der Waals surface area contributed by atoms with Crippen molar-refractivity contribution in [2.75, 3.05) is 0 Å². The van der Waals surface area contributed by atoms with E-state index in [0.717, 1.165) is 16.7 Å². The van der Waals surface area contributed by atoms with Gasteiger partial charge in [-0.05, 0) is 33.5 Å². The van der Waals surface area contributed by atoms with Gasteiger partial charge in [0, 0.05) is 6.42 Å². The lowest BCUT2D eigenvalue weighted by Crippen LogP contribution is -2.34. The van der Waals surface area contributed by atoms with Crippen LogP contribution in [0.3, 0.4) is 0 Å². The van der Waals surface area contributed by atoms with Crippen LogP contribution in [0.5, 0.6) is 0 Å². The van der Waals surface area contributed by atoms with Gasteiger partial charge < -0.3 is 10.4 Å². The summed E-state index contributed by atoms with van der Waals surface area (Å²) in [5.74, 6) is -0.0425. The third-order valence-electron chi connectivity index (χ3n) is 3.47. The van der Waals surface area contributed by atoms with Gasteiger partial charge in [-0.1, -0.05) is 24.3 Å². The van der Waals surface area contributed by atoms with Gasteiger partial charge in [0.05, 0.1) is 18.6 Å². The molecular weight excluding hydrogens is 258 g/mol. The molecule has 0 unspecified atom stereocenters. The van der Waals surface area contributed by atoms with Crippen molar-refractivity contribution in [1.82, 2.24) is 5.32 Å². The number of aliphatic hydroxyl groups is 1. The van der Waals surface area contributed by atoms with Gasteiger partial charge in [0.25, 0.3) is 0 Å². The molecule has 2 atom stereocenters. The van der Waals surface area contributed by atoms with Gasteiger partial charge in [0.1, 0.15) is 0 Å². The van der Waals surface area contributed by atoms with Crippen molar-refractivity contribution < 1.29 is 9.90 Å². The van der Waals surface area contributed by atoms with Gasteiger partial charge >= 0.3 is 0 Å². The minimum atomic E-state index is -0.524. The molecule has 0 saturated carbocycles. The van der Waals surface area contributed by atoms with Crippen LogP contribution in [0.2, 0.25) is 0 Å². The second-order valence-corrected chi connectivity index (χ2v) is 5.60. The molecule has 0 bridgehead atoms. The van der Waals surface area contributed by atoms with Gasteiger partial charge in [-0.3, -0.25) is 4.79 Å². The second-order valence-electron chi connectivity index (χ2n) is 4.82. The van der Waals surface area contributed by atoms with Crippen molar-refractivity contribution in [2.45, 2.75) is 25.0 Å². The van der Waals surface area contributed by atoms with E-state index < -0.39 is 6.10 Å². The highest BCUT2D eigenvalue weighted by atomic mass is 32.1. The van der Waals surface area contributed by atoms with Crippen LogP contribution in [-0.2, 0) is 17.6 Å². The number of carbonyl (C=O) groups excluding carboxylic acids is 1. The summed E-state index contributed by atoms with van der Waals surface area (Å²) in [6, 6.07) is 9.55. The summed E-state index contributed by atoms with van der Waals surface area (Å²) in [4.78, 5) is 12.0. The van der Waals surface area contributed by atoms with Crippen LogP contribution in [0.4, 0.5) is 0 Å². The zero-order valence-corrected chi connectivity index (χ0v) is 11.2. The van der Waals surface area contributed by atoms with Crippen LogP contribution < -0.4 is 5.32 Å². The van der Waals surface area contributed by atoms with Crippen LogP contribution in [0.1, 0.15) is 22.7 Å². The Morgan fingerprint density at radius 3 is 3.00 bits per heavy atom. The fourth-order valence-electron chi connectivity index (χ4n) is 2.55. The van der Waals surface area contributed by atoms with Crippen LogP contribution in [0.25, 0.3) is 0 Å². The highest BCUT2D eigenvalue weighted by molar-refractivity contribution is 7.07. The van der Waals surface area contributed by atoms with Crippen molar-refractivity contribution >= 4 is 17.2 Å². The molecule has 1 aromatic heterocycles. The predicted molar refractivity (Wildman–Crippen MR) is 75.1 cm³/mol. The largest absolute Gasteiger partial charge is 0.390 e. The SMILES string of the molecule is O=C(Cc1ccsc1)N[C@H]1c2ccccc2C[C@H]1O. The zero-order chi connectivity index (χ0) is 13.2. The Morgan fingerprint density at radius 1 is 1.37 bits per heavy atom. The number of benzene rings is 1. The van der Waals surface area contributed by atoms with Crippen LogP contribution in [-0.4, -0.2) is 17.1 Å². The quantitative estimate of drug-likeness (QED) is 0.899. The number of amides is 1. The van der Waals surface area contributed by atoms with Crippen molar-refractivity contribution in [3.8, 4) is 0 Å². The minimum Gasteiger partial charge on any atom is -0.390 e. The predicted octanol–water partition coefficient (Wildman–Crippen LogP) is 2.07. The van der Waals surface area contributed by atoms with E-state index in [9.17, 15) is 9.90 Å². The lowest BCUT2D eigenvalue weighted by Gasteiger charge is -2.17. The maximum atomic E-state index is 12.0. The third kappa shape index (κ3) is 2.55. The van der Waals surface area contributed by atoms with Gasteiger partial charge in [-0.2, -0.15) is 11.3 Å². The lowest BCUT2D eigenvalue weighted by atomic mass is 10.1. The van der Waals surface area contributed by atoms with E-state index in [1.165, 1.54) is 0 Å². The molecule has 1 aromatic carbocycles. The molecule has 1 heterocycles. The molecule has 0 aliphatic heterocycles. The first-order valence-electron chi connectivity index (χ1n) is 6.30. The van der Waals surface area contributed by atoms with Crippen LogP contribution in [0.15, 0.2) is 41.1 Å². The molecule has 0 radical (unpaired) electrons. The Kier molecular flexibility index (Phi) is 3.36. The van der Waals surface area contributed by atoms with Crippen LogP contribution in [0, 0.1) is 0 Å². The number of fused-ring (bicyclic) bond motifs is 1. The third-order valence-corrected chi connectivity index (χ3v) is 4.20. The first-order valence-corrected chi connectivity index (χ1v) is 7.24. The van der Waals surface area contributed by atoms with Gasteiger partial charge in [0.2, 0.25) is 5.91 Å². The average Bonchev–Trinajstić information content (AvgIpc) is 2.99. The highest BCUT2D eigenvalue weighted by Gasteiger charge is 2.31. The smallest absolute Gasteiger partial charge is 0.225 e. The fourth-order valence-corrected chi connectivity index (χ4v) is 3.22. The number of hydrogen-bond acceptors (Lipinski definition) is 3. The van der Waals surface area contributed by atoms with Crippen molar-refractivity contribution in [3.63, 3.8) is 0 Å². The maximum Gasteiger partial charge on any atom is 0.225 e. The topological polar surface area (TPSA) is 49.3 Å². The summed E-state index contributed by atoms with van der Waals surface area (Å²) >= 11 is 1.58. The molecule has 0 fully saturated rings. The molecule has 98 valence electrons. The van der Waals surface area contributed by atoms with E-state index in [2.05, 4.69) is 5.32 Å². The Hall–Kier alpha value is -1.65. The molecule has 19 heavy (non-hydrogen) atoms. The van der Waals surface area contributed by atoms with Gasteiger partial charge in [-0.15, -0.1) is 0 Å². The number of rotatable bonds is 3. The van der Waals surface area contributed by atoms with Gasteiger partial charge in [0.15, 0.2) is 0 Å². The number of aliphatic hydroxyl groups excluding tert-OH is 1. The van der Waals surface area contributed by atoms with E-state index in [-0.39, 0.29) is 11.9 Å². The van der Waals surface area contributed by atoms with Crippen LogP contribution >= 0.6 is 11.3 Å². The van der Waals surface area contributed by atoms with Crippen molar-refractivity contribution in [3.05, 3.63) is 57.8 Å². The number of hydrogen-bond donors (Lipinski definition) is 2. The zero-order valence-electron chi connectivity index (χ0n) is 10.4. The van der Waals surface area contributed by atoms with Crippen molar-refractivity contribution in [2.24, 2.45) is 0 Å². The fraction of sp³-hybridized carbons (Fsp3) is 0.267. The normalized spacial score (nSPS) is 21.1. The maximum absolute atomic E-state index is 12.0. The van der Waals surface area contributed by atoms with Crippen molar-refractivity contribution in [1.29, 1.82) is 0 Å². The molecule has 0 spiro atoms. The second kappa shape index (κ2) is 5.15. The van der Waals surface area contributed by atoms with E-state index in [1.807, 2.05) is 41.1 Å². The number of thiophene rings is 1. The Balaban J connectivity index is 1.71. The number of nitrogens with one attached hydrogen (secondary N) is 1. The summed E-state index contributed by atoms with van der Waals surface area (Å²) in [7, 11) is 0. The first kappa shape index (κ1) is 12.4. The molecule has 3 nitrogen and oxygen atoms in total. The average molecular weight is 273 g/mol.